The molecule has 256 valence electrons. The summed E-state index contributed by atoms with van der Waals surface area (Å²) >= 11 is 0. The van der Waals surface area contributed by atoms with E-state index in [0.717, 1.165) is 74.5 Å². The van der Waals surface area contributed by atoms with Crippen molar-refractivity contribution >= 4 is 0 Å². The van der Waals surface area contributed by atoms with Crippen molar-refractivity contribution in [2.45, 2.75) is 116 Å². The van der Waals surface area contributed by atoms with Crippen molar-refractivity contribution in [2.75, 3.05) is 26.2 Å². The van der Waals surface area contributed by atoms with Gasteiger partial charge in [-0.3, -0.25) is 9.80 Å². The van der Waals surface area contributed by atoms with E-state index in [1.165, 1.54) is 36.8 Å². The number of piperidine rings is 2. The van der Waals surface area contributed by atoms with Gasteiger partial charge in [-0.05, 0) is 118 Å². The number of ether oxygens (including phenoxy) is 2. The van der Waals surface area contributed by atoms with E-state index < -0.39 is 22.0 Å². The molecule has 11 aliphatic rings. The zero-order valence-corrected chi connectivity index (χ0v) is 27.8. The van der Waals surface area contributed by atoms with E-state index in [0.29, 0.717) is 23.8 Å². The first-order valence-electron chi connectivity index (χ1n) is 19.2. The normalized spacial score (nSPS) is 47.4. The Morgan fingerprint density at radius 1 is 0.755 bits per heavy atom. The molecule has 0 amide bonds. The van der Waals surface area contributed by atoms with Crippen LogP contribution in [0.25, 0.3) is 0 Å². The lowest BCUT2D eigenvalue weighted by atomic mass is 9.45. The van der Waals surface area contributed by atoms with Gasteiger partial charge in [0.15, 0.2) is 23.0 Å². The molecule has 11 atom stereocenters. The van der Waals surface area contributed by atoms with Crippen LogP contribution < -0.4 is 14.8 Å². The highest BCUT2D eigenvalue weighted by atomic mass is 16.5. The minimum Gasteiger partial charge on any atom is -0.504 e. The van der Waals surface area contributed by atoms with Crippen LogP contribution in [-0.4, -0.2) is 104 Å². The number of nitrogens with one attached hydrogen (secondary N) is 1. The molecular formula is C40H45N3O6. The Hall–Kier alpha value is -2.82. The molecule has 4 unspecified atom stereocenters. The standard InChI is InChI=1S/C40H45N3O6/c44-25-7-5-21-13-27-39(46)15-23-24-16-40(47)28-14-22-6-8-26(45)34-30(22)38(40,10-12-43(28)18-20-3-4-20)36(49-34)32(24)41-31(23)35-37(39,29(21)33(25)48-35)9-11-42(27)17-19-1-2-19/h5-8,15,19-20,24,27-28,31-32,35-36,41,44-47H,1-4,9-14,16-18H2/t24?,27-,28-,31?,32?,35?,36+,37+,38+,39-,40-/m1/s1. The van der Waals surface area contributed by atoms with Crippen LogP contribution in [0.2, 0.25) is 0 Å². The summed E-state index contributed by atoms with van der Waals surface area (Å²) in [6, 6.07) is 7.31. The molecule has 2 aromatic rings. The van der Waals surface area contributed by atoms with Gasteiger partial charge in [-0.2, -0.15) is 0 Å². The second kappa shape index (κ2) is 8.45. The van der Waals surface area contributed by atoms with Gasteiger partial charge in [0.05, 0.1) is 28.5 Å². The molecule has 0 radical (unpaired) electrons. The molecule has 5 heterocycles. The third-order valence-corrected chi connectivity index (χ3v) is 16.2. The summed E-state index contributed by atoms with van der Waals surface area (Å²) in [6.07, 6.45) is 10.2. The monoisotopic (exact) mass is 663 g/mol. The molecule has 13 rings (SSSR count). The molecular weight excluding hydrogens is 618 g/mol. The topological polar surface area (TPSA) is 118 Å². The van der Waals surface area contributed by atoms with Crippen LogP contribution in [0, 0.1) is 17.8 Å². The molecule has 4 bridgehead atoms. The summed E-state index contributed by atoms with van der Waals surface area (Å²) in [5.74, 6) is 2.81. The number of fused-ring (bicyclic) bond motifs is 5. The maximum Gasteiger partial charge on any atom is 0.165 e. The summed E-state index contributed by atoms with van der Waals surface area (Å²) in [5, 5.41) is 53.5. The Kier molecular flexibility index (Phi) is 4.80. The average Bonchev–Trinajstić information content (AvgIpc) is 3.98. The van der Waals surface area contributed by atoms with Gasteiger partial charge in [-0.1, -0.05) is 12.1 Å². The lowest BCUT2D eigenvalue weighted by Crippen LogP contribution is -2.79. The van der Waals surface area contributed by atoms with E-state index in [9.17, 15) is 20.4 Å². The SMILES string of the molecule is Oc1ccc2c3c1OC1C4NC5C(C[C@@]6(O)[C@H]7Cc8ccc(O)c9c8[C@@]6(CCN7CC6CC6)[C@H]5O9)C4=C[C@@]4(O)[C@@H](C2)N(CC2CC2)CC[C@]314. The summed E-state index contributed by atoms with van der Waals surface area (Å²) in [7, 11) is 0. The maximum atomic E-state index is 13.5. The van der Waals surface area contributed by atoms with E-state index >= 15 is 0 Å². The highest BCUT2D eigenvalue weighted by Crippen LogP contribution is 2.71. The Bertz CT molecular complexity index is 1930. The van der Waals surface area contributed by atoms with Gasteiger partial charge < -0.3 is 35.2 Å². The van der Waals surface area contributed by atoms with Gasteiger partial charge in [0.1, 0.15) is 17.8 Å². The zero-order chi connectivity index (χ0) is 32.4. The summed E-state index contributed by atoms with van der Waals surface area (Å²) in [6.45, 7) is 3.89. The highest BCUT2D eigenvalue weighted by Gasteiger charge is 2.79. The quantitative estimate of drug-likeness (QED) is 0.315. The fraction of sp³-hybridized carbons (Fsp3) is 0.650. The number of aliphatic hydroxyl groups is 2. The van der Waals surface area contributed by atoms with Crippen LogP contribution in [0.5, 0.6) is 23.0 Å². The number of nitrogens with zero attached hydrogens (tertiary/aromatic N) is 2. The van der Waals surface area contributed by atoms with Gasteiger partial charge in [-0.25, -0.2) is 0 Å². The molecule has 9 nitrogen and oxygen atoms in total. The molecule has 49 heavy (non-hydrogen) atoms. The molecule has 0 aromatic heterocycles. The largest absolute Gasteiger partial charge is 0.504 e. The van der Waals surface area contributed by atoms with Crippen LogP contribution in [0.15, 0.2) is 35.9 Å². The number of hydrogen-bond donors (Lipinski definition) is 5. The molecule has 2 spiro atoms. The molecule has 5 N–H and O–H groups in total. The summed E-state index contributed by atoms with van der Waals surface area (Å²) in [5.41, 5.74) is 2.11. The van der Waals surface area contributed by atoms with Gasteiger partial charge in [0.2, 0.25) is 0 Å². The predicted molar refractivity (Wildman–Crippen MR) is 178 cm³/mol. The number of phenolic OH excluding ortho intramolecular Hbond substituents is 2. The lowest BCUT2D eigenvalue weighted by molar-refractivity contribution is -0.198. The molecule has 9 heteroatoms. The molecule has 3 saturated carbocycles. The summed E-state index contributed by atoms with van der Waals surface area (Å²) in [4.78, 5) is 5.16. The summed E-state index contributed by atoms with van der Waals surface area (Å²) < 4.78 is 14.0. The zero-order valence-electron chi connectivity index (χ0n) is 27.8. The number of phenols is 2. The van der Waals surface area contributed by atoms with Crippen LogP contribution in [0.4, 0.5) is 0 Å². The first kappa shape index (κ1) is 27.8. The minimum atomic E-state index is -1.16. The van der Waals surface area contributed by atoms with Gasteiger partial charge in [0, 0.05) is 42.2 Å². The Morgan fingerprint density at radius 2 is 1.35 bits per heavy atom. The van der Waals surface area contributed by atoms with E-state index in [-0.39, 0.29) is 53.8 Å². The first-order chi connectivity index (χ1) is 23.7. The maximum absolute atomic E-state index is 13.5. The number of hydrogen-bond acceptors (Lipinski definition) is 9. The van der Waals surface area contributed by atoms with E-state index in [4.69, 9.17) is 9.47 Å². The Morgan fingerprint density at radius 3 is 2.02 bits per heavy atom. The van der Waals surface area contributed by atoms with Crippen LogP contribution >= 0.6 is 0 Å². The van der Waals surface area contributed by atoms with Crippen LogP contribution in [0.1, 0.15) is 67.2 Å². The van der Waals surface area contributed by atoms with Crippen molar-refractivity contribution in [1.29, 1.82) is 0 Å². The Balaban J connectivity index is 0.995. The molecule has 2 aromatic carbocycles. The van der Waals surface area contributed by atoms with Gasteiger partial charge in [0.25, 0.3) is 0 Å². The average molecular weight is 664 g/mol. The number of likely N-dealkylation sites (tertiary alicyclic amines) is 2. The van der Waals surface area contributed by atoms with E-state index in [1.54, 1.807) is 12.1 Å². The lowest BCUT2D eigenvalue weighted by Gasteiger charge is -2.65. The number of rotatable bonds is 4. The van der Waals surface area contributed by atoms with Crippen LogP contribution in [-0.2, 0) is 23.7 Å². The van der Waals surface area contributed by atoms with Gasteiger partial charge in [-0.15, -0.1) is 0 Å². The molecule has 3 saturated heterocycles. The minimum absolute atomic E-state index is 0.0239. The number of benzene rings is 2. The van der Waals surface area contributed by atoms with Crippen molar-refractivity contribution in [3.63, 3.8) is 0 Å². The van der Waals surface area contributed by atoms with E-state index in [2.05, 4.69) is 33.3 Å². The van der Waals surface area contributed by atoms with E-state index in [1.807, 2.05) is 0 Å². The van der Waals surface area contributed by atoms with Crippen molar-refractivity contribution in [2.24, 2.45) is 17.8 Å². The van der Waals surface area contributed by atoms with Crippen molar-refractivity contribution < 1.29 is 29.9 Å². The molecule has 6 aliphatic carbocycles. The third kappa shape index (κ3) is 2.94. The second-order valence-electron chi connectivity index (χ2n) is 18.1. The first-order valence-corrected chi connectivity index (χ1v) is 19.2. The fourth-order valence-electron chi connectivity index (χ4n) is 13.9. The molecule has 6 fully saturated rings. The van der Waals surface area contributed by atoms with Crippen LogP contribution in [0.3, 0.4) is 0 Å². The number of aromatic hydroxyl groups is 2. The van der Waals surface area contributed by atoms with Crippen molar-refractivity contribution in [1.82, 2.24) is 15.1 Å². The van der Waals surface area contributed by atoms with Gasteiger partial charge >= 0.3 is 0 Å². The second-order valence-corrected chi connectivity index (χ2v) is 18.1. The Labute approximate surface area is 285 Å². The van der Waals surface area contributed by atoms with Crippen molar-refractivity contribution in [3.8, 4) is 23.0 Å². The van der Waals surface area contributed by atoms with Crippen molar-refractivity contribution in [3.05, 3.63) is 58.2 Å². The predicted octanol–water partition coefficient (Wildman–Crippen LogP) is 2.64. The highest BCUT2D eigenvalue weighted by molar-refractivity contribution is 5.67. The fourth-order valence-corrected chi connectivity index (χ4v) is 13.9. The smallest absolute Gasteiger partial charge is 0.165 e. The third-order valence-electron chi connectivity index (χ3n) is 16.2. The molecule has 5 aliphatic heterocycles.